The Kier molecular flexibility index (Phi) is 17.0. The van der Waals surface area contributed by atoms with Gasteiger partial charge in [0.05, 0.1) is 0 Å². The summed E-state index contributed by atoms with van der Waals surface area (Å²) in [6.45, 7) is 4.46. The molecule has 0 spiro atoms. The summed E-state index contributed by atoms with van der Waals surface area (Å²) in [6.07, 6.45) is 21.5. The molecule has 1 aliphatic rings. The van der Waals surface area contributed by atoms with Crippen molar-refractivity contribution in [2.75, 3.05) is 0 Å². The molecule has 0 atom stereocenters. The van der Waals surface area contributed by atoms with Crippen LogP contribution in [0.3, 0.4) is 0 Å². The fourth-order valence-electron chi connectivity index (χ4n) is 2.61. The smallest absolute Gasteiger partial charge is 0.0145 e. The Balaban J connectivity index is 0.000000459. The first-order chi connectivity index (χ1) is 9.31. The average Bonchev–Trinajstić information content (AvgIpc) is 2.41. The summed E-state index contributed by atoms with van der Waals surface area (Å²) in [5, 5.41) is 0. The summed E-state index contributed by atoms with van der Waals surface area (Å²) in [6, 6.07) is 0. The molecule has 19 heavy (non-hydrogen) atoms. The Morgan fingerprint density at radius 3 is 1.26 bits per heavy atom. The standard InChI is InChI=1S/C12H23Br.C6H14/c13-12-10-8-6-4-2-1-3-5-7-9-11-12;1-3-5-6-4-2/h12H,1-11H2;3-6H2,1-2H3. The molecule has 0 unspecified atom stereocenters. The van der Waals surface area contributed by atoms with Gasteiger partial charge in [-0.05, 0) is 12.8 Å². The molecule has 0 bridgehead atoms. The molecule has 0 aliphatic heterocycles. The van der Waals surface area contributed by atoms with Crippen LogP contribution < -0.4 is 0 Å². The zero-order valence-corrected chi connectivity index (χ0v) is 15.1. The van der Waals surface area contributed by atoms with Crippen molar-refractivity contribution in [1.29, 1.82) is 0 Å². The van der Waals surface area contributed by atoms with E-state index in [9.17, 15) is 0 Å². The van der Waals surface area contributed by atoms with Gasteiger partial charge < -0.3 is 0 Å². The highest BCUT2D eigenvalue weighted by molar-refractivity contribution is 9.09. The van der Waals surface area contributed by atoms with Crippen LogP contribution in [0.4, 0.5) is 0 Å². The minimum absolute atomic E-state index is 0.812. The van der Waals surface area contributed by atoms with Crippen molar-refractivity contribution in [1.82, 2.24) is 0 Å². The van der Waals surface area contributed by atoms with Gasteiger partial charge in [0.25, 0.3) is 0 Å². The summed E-state index contributed by atoms with van der Waals surface area (Å²) in [5.41, 5.74) is 0. The Bertz CT molecular complexity index is 140. The monoisotopic (exact) mass is 332 g/mol. The molecule has 116 valence electrons. The van der Waals surface area contributed by atoms with Crippen molar-refractivity contribution >= 4 is 15.9 Å². The van der Waals surface area contributed by atoms with E-state index in [1.54, 1.807) is 0 Å². The minimum Gasteiger partial charge on any atom is -0.0891 e. The van der Waals surface area contributed by atoms with Crippen molar-refractivity contribution in [3.05, 3.63) is 0 Å². The lowest BCUT2D eigenvalue weighted by Gasteiger charge is -2.11. The highest BCUT2D eigenvalue weighted by atomic mass is 79.9. The van der Waals surface area contributed by atoms with Crippen LogP contribution in [0.2, 0.25) is 0 Å². The van der Waals surface area contributed by atoms with E-state index in [-0.39, 0.29) is 0 Å². The van der Waals surface area contributed by atoms with Crippen LogP contribution >= 0.6 is 15.9 Å². The molecule has 0 aromatic heterocycles. The number of unbranched alkanes of at least 4 members (excludes halogenated alkanes) is 3. The van der Waals surface area contributed by atoms with Crippen LogP contribution in [0.25, 0.3) is 0 Å². The van der Waals surface area contributed by atoms with E-state index >= 15 is 0 Å². The van der Waals surface area contributed by atoms with E-state index in [0.29, 0.717) is 0 Å². The third-order valence-corrected chi connectivity index (χ3v) is 4.91. The second-order valence-electron chi connectivity index (χ2n) is 6.06. The fraction of sp³-hybridized carbons (Fsp3) is 1.00. The maximum atomic E-state index is 3.78. The SMILES string of the molecule is BrC1CCCCCCCCCCC1.CCCCCC. The Labute approximate surface area is 131 Å². The molecule has 0 aromatic carbocycles. The van der Waals surface area contributed by atoms with E-state index in [2.05, 4.69) is 29.8 Å². The molecule has 1 fully saturated rings. The molecule has 0 radical (unpaired) electrons. The molecule has 1 aliphatic carbocycles. The second kappa shape index (κ2) is 16.5. The van der Waals surface area contributed by atoms with Crippen LogP contribution in [0.1, 0.15) is 110 Å². The molecular weight excluding hydrogens is 296 g/mol. The van der Waals surface area contributed by atoms with Gasteiger partial charge in [-0.1, -0.05) is 113 Å². The normalized spacial score (nSPS) is 19.7. The lowest BCUT2D eigenvalue weighted by Crippen LogP contribution is -1.98. The van der Waals surface area contributed by atoms with E-state index in [1.165, 1.54) is 96.3 Å². The van der Waals surface area contributed by atoms with Gasteiger partial charge in [0.15, 0.2) is 0 Å². The van der Waals surface area contributed by atoms with Crippen molar-refractivity contribution in [2.24, 2.45) is 0 Å². The Morgan fingerprint density at radius 2 is 0.947 bits per heavy atom. The molecule has 0 N–H and O–H groups in total. The number of halogens is 1. The molecule has 0 nitrogen and oxygen atoms in total. The van der Waals surface area contributed by atoms with E-state index < -0.39 is 0 Å². The van der Waals surface area contributed by atoms with Gasteiger partial charge in [0.2, 0.25) is 0 Å². The Hall–Kier alpha value is 0.480. The van der Waals surface area contributed by atoms with Gasteiger partial charge >= 0.3 is 0 Å². The molecule has 0 aromatic rings. The van der Waals surface area contributed by atoms with Gasteiger partial charge in [-0.3, -0.25) is 0 Å². The number of alkyl halides is 1. The Morgan fingerprint density at radius 1 is 0.632 bits per heavy atom. The molecule has 0 heterocycles. The van der Waals surface area contributed by atoms with Crippen LogP contribution in [0.15, 0.2) is 0 Å². The first-order valence-corrected chi connectivity index (χ1v) is 9.86. The lowest BCUT2D eigenvalue weighted by atomic mass is 10.0. The van der Waals surface area contributed by atoms with E-state index in [4.69, 9.17) is 0 Å². The quantitative estimate of drug-likeness (QED) is 0.368. The predicted octanol–water partition coefficient (Wildman–Crippen LogP) is 7.64. The summed E-state index contributed by atoms with van der Waals surface area (Å²) >= 11 is 3.78. The van der Waals surface area contributed by atoms with Crippen molar-refractivity contribution < 1.29 is 0 Å². The molecule has 1 heteroatoms. The largest absolute Gasteiger partial charge is 0.0891 e. The first-order valence-electron chi connectivity index (χ1n) is 8.95. The van der Waals surface area contributed by atoms with E-state index in [1.807, 2.05) is 0 Å². The first kappa shape index (κ1) is 19.5. The molecule has 1 rings (SSSR count). The average molecular weight is 333 g/mol. The van der Waals surface area contributed by atoms with Gasteiger partial charge in [0, 0.05) is 4.83 Å². The number of hydrogen-bond donors (Lipinski definition) is 0. The van der Waals surface area contributed by atoms with Gasteiger partial charge in [0.1, 0.15) is 0 Å². The van der Waals surface area contributed by atoms with Crippen LogP contribution in [-0.2, 0) is 0 Å². The zero-order chi connectivity index (χ0) is 14.2. The van der Waals surface area contributed by atoms with Crippen molar-refractivity contribution in [3.8, 4) is 0 Å². The maximum Gasteiger partial charge on any atom is 0.0145 e. The van der Waals surface area contributed by atoms with Crippen molar-refractivity contribution in [2.45, 2.75) is 115 Å². The minimum atomic E-state index is 0.812. The fourth-order valence-corrected chi connectivity index (χ4v) is 3.26. The number of hydrogen-bond acceptors (Lipinski definition) is 0. The number of rotatable bonds is 3. The molecule has 0 amide bonds. The zero-order valence-electron chi connectivity index (χ0n) is 13.6. The topological polar surface area (TPSA) is 0 Å². The van der Waals surface area contributed by atoms with Gasteiger partial charge in [-0.15, -0.1) is 0 Å². The van der Waals surface area contributed by atoms with Gasteiger partial charge in [-0.25, -0.2) is 0 Å². The molecule has 0 saturated heterocycles. The molecular formula is C18H37Br. The molecule has 1 saturated carbocycles. The second-order valence-corrected chi connectivity index (χ2v) is 7.36. The summed E-state index contributed by atoms with van der Waals surface area (Å²) in [5.74, 6) is 0. The van der Waals surface area contributed by atoms with Gasteiger partial charge in [-0.2, -0.15) is 0 Å². The van der Waals surface area contributed by atoms with Crippen LogP contribution in [0.5, 0.6) is 0 Å². The predicted molar refractivity (Wildman–Crippen MR) is 93.3 cm³/mol. The third-order valence-electron chi connectivity index (χ3n) is 3.99. The van der Waals surface area contributed by atoms with Crippen LogP contribution in [-0.4, -0.2) is 4.83 Å². The highest BCUT2D eigenvalue weighted by Crippen LogP contribution is 2.20. The maximum absolute atomic E-state index is 3.78. The van der Waals surface area contributed by atoms with Crippen LogP contribution in [0, 0.1) is 0 Å². The summed E-state index contributed by atoms with van der Waals surface area (Å²) < 4.78 is 0. The lowest BCUT2D eigenvalue weighted by molar-refractivity contribution is 0.512. The highest BCUT2D eigenvalue weighted by Gasteiger charge is 2.04. The van der Waals surface area contributed by atoms with E-state index in [0.717, 1.165) is 4.83 Å². The summed E-state index contributed by atoms with van der Waals surface area (Å²) in [4.78, 5) is 0.812. The van der Waals surface area contributed by atoms with Crippen molar-refractivity contribution in [3.63, 3.8) is 0 Å². The third kappa shape index (κ3) is 16.4. The summed E-state index contributed by atoms with van der Waals surface area (Å²) in [7, 11) is 0.